The number of rotatable bonds is 4. The molecule has 6 heteroatoms. The summed E-state index contributed by atoms with van der Waals surface area (Å²) in [6, 6.07) is 57.3. The SMILES string of the molecule is c1cnc(-c2cc(-c3ncccn3)cc(-n3c4ccccc4c4c5c(c6c7ccccc7n(-c7ccc8ccccc8c7)c6c43)Cc3cc4ccccc4cc3C5)c2)nc1. The second-order valence-electron chi connectivity index (χ2n) is 15.9. The zero-order valence-electron chi connectivity index (χ0n) is 32.4. The van der Waals surface area contributed by atoms with E-state index >= 15 is 0 Å². The smallest absolute Gasteiger partial charge is 0.159 e. The maximum Gasteiger partial charge on any atom is 0.159 e. The molecule has 4 aromatic heterocycles. The molecule has 0 unspecified atom stereocenters. The summed E-state index contributed by atoms with van der Waals surface area (Å²) in [5, 5.41) is 10.1. The summed E-state index contributed by atoms with van der Waals surface area (Å²) in [5.41, 5.74) is 14.2. The molecule has 6 nitrogen and oxygen atoms in total. The molecule has 0 atom stereocenters. The molecule has 0 spiro atoms. The highest BCUT2D eigenvalue weighted by Gasteiger charge is 2.30. The second kappa shape index (κ2) is 12.8. The van der Waals surface area contributed by atoms with E-state index in [0.717, 1.165) is 40.9 Å². The molecule has 0 aliphatic heterocycles. The Labute approximate surface area is 344 Å². The summed E-state index contributed by atoms with van der Waals surface area (Å²) in [7, 11) is 0. The summed E-state index contributed by atoms with van der Waals surface area (Å²) < 4.78 is 5.01. The van der Waals surface area contributed by atoms with Gasteiger partial charge in [0.25, 0.3) is 0 Å². The number of aromatic nitrogens is 6. The lowest BCUT2D eigenvalue weighted by Crippen LogP contribution is -2.10. The van der Waals surface area contributed by atoms with E-state index in [9.17, 15) is 0 Å². The highest BCUT2D eigenvalue weighted by atomic mass is 15.0. The summed E-state index contributed by atoms with van der Waals surface area (Å²) in [5.74, 6) is 1.29. The van der Waals surface area contributed by atoms with E-state index in [4.69, 9.17) is 19.9 Å². The van der Waals surface area contributed by atoms with Gasteiger partial charge in [0.15, 0.2) is 11.6 Å². The number of hydrogen-bond donors (Lipinski definition) is 0. The monoisotopic (exact) mass is 766 g/mol. The second-order valence-corrected chi connectivity index (χ2v) is 15.9. The van der Waals surface area contributed by atoms with Gasteiger partial charge in [-0.2, -0.15) is 0 Å². The average molecular weight is 767 g/mol. The number of benzene rings is 8. The first kappa shape index (κ1) is 33.1. The van der Waals surface area contributed by atoms with E-state index < -0.39 is 0 Å². The van der Waals surface area contributed by atoms with Crippen LogP contribution in [0.4, 0.5) is 0 Å². The fourth-order valence-electron chi connectivity index (χ4n) is 10.0. The molecule has 0 bridgehead atoms. The first-order valence-corrected chi connectivity index (χ1v) is 20.5. The van der Waals surface area contributed by atoms with Gasteiger partial charge in [0, 0.05) is 68.8 Å². The number of para-hydroxylation sites is 2. The molecule has 0 saturated heterocycles. The third-order valence-corrected chi connectivity index (χ3v) is 12.6. The predicted octanol–water partition coefficient (Wildman–Crippen LogP) is 12.6. The predicted molar refractivity (Wildman–Crippen MR) is 244 cm³/mol. The molecule has 0 N–H and O–H groups in total. The fraction of sp³-hybridized carbons (Fsp3) is 0.0370. The molecule has 0 saturated carbocycles. The molecule has 0 amide bonds. The van der Waals surface area contributed by atoms with Gasteiger partial charge >= 0.3 is 0 Å². The van der Waals surface area contributed by atoms with E-state index in [-0.39, 0.29) is 0 Å². The lowest BCUT2D eigenvalue weighted by atomic mass is 9.80. The van der Waals surface area contributed by atoms with Crippen LogP contribution in [-0.4, -0.2) is 29.1 Å². The van der Waals surface area contributed by atoms with Crippen LogP contribution in [0.2, 0.25) is 0 Å². The maximum atomic E-state index is 4.72. The third-order valence-electron chi connectivity index (χ3n) is 12.6. The minimum Gasteiger partial charge on any atom is -0.307 e. The van der Waals surface area contributed by atoms with Crippen molar-refractivity contribution in [1.29, 1.82) is 0 Å². The standard InChI is InChI=1S/C54H34N6/c1-2-14-36-28-41(20-19-33(36)11-1)59-47-17-7-5-15-43(47)49-45-31-37-25-34-12-3-4-13-35(34)26-38(37)32-46(45)50-44-16-6-8-18-48(44)60(52(50)51(49)59)42-29-39(53-55-21-9-22-56-53)27-40(30-42)54-57-23-10-24-58-54/h1-30H,31-32H2. The van der Waals surface area contributed by atoms with E-state index in [1.165, 1.54) is 81.9 Å². The Hall–Kier alpha value is -7.96. The lowest BCUT2D eigenvalue weighted by Gasteiger charge is -2.24. The number of nitrogens with zero attached hydrogens (tertiary/aromatic N) is 6. The molecule has 4 heterocycles. The van der Waals surface area contributed by atoms with Gasteiger partial charge in [-0.05, 0) is 111 Å². The van der Waals surface area contributed by atoms with Gasteiger partial charge in [-0.1, -0.05) is 103 Å². The van der Waals surface area contributed by atoms with Crippen LogP contribution in [0.15, 0.2) is 183 Å². The summed E-state index contributed by atoms with van der Waals surface area (Å²) in [4.78, 5) is 18.9. The van der Waals surface area contributed by atoms with Crippen LogP contribution in [0.5, 0.6) is 0 Å². The lowest BCUT2D eigenvalue weighted by molar-refractivity contribution is 1.03. The largest absolute Gasteiger partial charge is 0.307 e. The van der Waals surface area contributed by atoms with Crippen molar-refractivity contribution < 1.29 is 0 Å². The molecule has 1 aliphatic rings. The van der Waals surface area contributed by atoms with Crippen molar-refractivity contribution in [3.63, 3.8) is 0 Å². The Balaban J connectivity index is 1.23. The molecular formula is C54H34N6. The molecule has 0 fully saturated rings. The molecule has 8 aromatic carbocycles. The van der Waals surface area contributed by atoms with Crippen LogP contribution < -0.4 is 0 Å². The van der Waals surface area contributed by atoms with Crippen molar-refractivity contribution in [2.45, 2.75) is 12.8 Å². The van der Waals surface area contributed by atoms with Crippen LogP contribution in [0.3, 0.4) is 0 Å². The van der Waals surface area contributed by atoms with Gasteiger partial charge in [0.1, 0.15) is 0 Å². The molecule has 280 valence electrons. The summed E-state index contributed by atoms with van der Waals surface area (Å²) in [6.07, 6.45) is 8.88. The number of hydrogen-bond acceptors (Lipinski definition) is 4. The zero-order chi connectivity index (χ0) is 39.3. The van der Waals surface area contributed by atoms with E-state index in [0.29, 0.717) is 11.6 Å². The van der Waals surface area contributed by atoms with Crippen LogP contribution in [-0.2, 0) is 12.8 Å². The van der Waals surface area contributed by atoms with Crippen molar-refractivity contribution in [3.8, 4) is 34.2 Å². The highest BCUT2D eigenvalue weighted by molar-refractivity contribution is 6.26. The molecule has 60 heavy (non-hydrogen) atoms. The van der Waals surface area contributed by atoms with Crippen LogP contribution in [0.1, 0.15) is 22.3 Å². The fourth-order valence-corrected chi connectivity index (χ4v) is 10.0. The van der Waals surface area contributed by atoms with Crippen molar-refractivity contribution >= 4 is 65.2 Å². The van der Waals surface area contributed by atoms with Gasteiger partial charge < -0.3 is 9.13 Å². The molecule has 0 radical (unpaired) electrons. The number of fused-ring (bicyclic) bond motifs is 13. The van der Waals surface area contributed by atoms with Crippen molar-refractivity contribution in [1.82, 2.24) is 29.1 Å². The zero-order valence-corrected chi connectivity index (χ0v) is 32.4. The minimum absolute atomic E-state index is 0.647. The summed E-state index contributed by atoms with van der Waals surface area (Å²) in [6.45, 7) is 0. The van der Waals surface area contributed by atoms with Gasteiger partial charge in [0.2, 0.25) is 0 Å². The highest BCUT2D eigenvalue weighted by Crippen LogP contribution is 2.49. The third kappa shape index (κ3) is 4.88. The van der Waals surface area contributed by atoms with E-state index in [1.54, 1.807) is 24.8 Å². The maximum absolute atomic E-state index is 4.72. The van der Waals surface area contributed by atoms with E-state index in [2.05, 4.69) is 155 Å². The minimum atomic E-state index is 0.647. The van der Waals surface area contributed by atoms with Crippen molar-refractivity contribution in [2.75, 3.05) is 0 Å². The van der Waals surface area contributed by atoms with Crippen molar-refractivity contribution in [2.24, 2.45) is 0 Å². The Morgan fingerprint density at radius 3 is 1.35 bits per heavy atom. The Bertz CT molecular complexity index is 3660. The Kier molecular flexibility index (Phi) is 7.04. The van der Waals surface area contributed by atoms with Gasteiger partial charge in [-0.15, -0.1) is 0 Å². The topological polar surface area (TPSA) is 61.4 Å². The quantitative estimate of drug-likeness (QED) is 0.179. The van der Waals surface area contributed by atoms with Crippen molar-refractivity contribution in [3.05, 3.63) is 205 Å². The van der Waals surface area contributed by atoms with Gasteiger partial charge in [-0.3, -0.25) is 0 Å². The average Bonchev–Trinajstić information content (AvgIpc) is 3.85. The first-order valence-electron chi connectivity index (χ1n) is 20.5. The molecule has 13 rings (SSSR count). The van der Waals surface area contributed by atoms with Gasteiger partial charge in [0.05, 0.1) is 22.1 Å². The van der Waals surface area contributed by atoms with Gasteiger partial charge in [-0.25, -0.2) is 19.9 Å². The first-order chi connectivity index (χ1) is 29.7. The molecular weight excluding hydrogens is 733 g/mol. The Morgan fingerprint density at radius 1 is 0.367 bits per heavy atom. The van der Waals surface area contributed by atoms with Crippen LogP contribution in [0, 0.1) is 0 Å². The summed E-state index contributed by atoms with van der Waals surface area (Å²) >= 11 is 0. The molecule has 1 aliphatic carbocycles. The normalized spacial score (nSPS) is 12.5. The molecule has 12 aromatic rings. The Morgan fingerprint density at radius 2 is 0.817 bits per heavy atom. The van der Waals surface area contributed by atoms with Crippen LogP contribution in [0.25, 0.3) is 99.3 Å². The van der Waals surface area contributed by atoms with E-state index in [1.807, 2.05) is 12.1 Å². The van der Waals surface area contributed by atoms with Crippen LogP contribution >= 0.6 is 0 Å².